The lowest BCUT2D eigenvalue weighted by atomic mass is 10.0. The molecule has 0 spiro atoms. The minimum Gasteiger partial charge on any atom is -0.361 e. The fraction of sp³-hybridized carbons (Fsp3) is 0.179. The molecule has 0 radical (unpaired) electrons. The standard InChI is InChI=1S/C28H24FN5O/c1-3-23-26(18-5-7-20(29)8-6-18)27-31-16-22-25(34(27)32-23)11-13-33(28(22)35)12-10-19-15-30-24-9-4-17(2)14-21(19)24/h4-9,11,13-16,30H,3,10,12H2,1-2H3. The van der Waals surface area contributed by atoms with E-state index in [2.05, 4.69) is 35.1 Å². The minimum atomic E-state index is -0.287. The molecular formula is C28H24FN5O. The van der Waals surface area contributed by atoms with Crippen LogP contribution in [0.4, 0.5) is 4.39 Å². The number of nitrogens with zero attached hydrogens (tertiary/aromatic N) is 4. The number of rotatable bonds is 5. The molecular weight excluding hydrogens is 441 g/mol. The SMILES string of the molecule is CCc1nn2c(ncc3c(=O)n(CCc4c[nH]c5ccc(C)cc45)ccc32)c1-c1ccc(F)cc1. The number of aromatic nitrogens is 5. The highest BCUT2D eigenvalue weighted by atomic mass is 19.1. The maximum absolute atomic E-state index is 13.5. The number of halogens is 1. The summed E-state index contributed by atoms with van der Waals surface area (Å²) in [5.74, 6) is -0.287. The van der Waals surface area contributed by atoms with Crippen LogP contribution >= 0.6 is 0 Å². The Kier molecular flexibility index (Phi) is 4.99. The van der Waals surface area contributed by atoms with Crippen molar-refractivity contribution in [3.63, 3.8) is 0 Å². The quantitative estimate of drug-likeness (QED) is 0.368. The molecule has 1 N–H and O–H groups in total. The Balaban J connectivity index is 1.41. The van der Waals surface area contributed by atoms with Crippen LogP contribution in [-0.2, 0) is 19.4 Å². The van der Waals surface area contributed by atoms with E-state index >= 15 is 0 Å². The summed E-state index contributed by atoms with van der Waals surface area (Å²) >= 11 is 0. The zero-order valence-corrected chi connectivity index (χ0v) is 19.5. The Morgan fingerprint density at radius 1 is 1.06 bits per heavy atom. The normalized spacial score (nSPS) is 11.7. The fourth-order valence-corrected chi connectivity index (χ4v) is 4.83. The van der Waals surface area contributed by atoms with E-state index in [1.807, 2.05) is 25.4 Å². The molecule has 4 aromatic heterocycles. The van der Waals surface area contributed by atoms with Gasteiger partial charge in [0.25, 0.3) is 5.56 Å². The zero-order valence-electron chi connectivity index (χ0n) is 19.5. The van der Waals surface area contributed by atoms with Crippen LogP contribution in [0.1, 0.15) is 23.7 Å². The molecule has 6 nitrogen and oxygen atoms in total. The predicted molar refractivity (Wildman–Crippen MR) is 136 cm³/mol. The first-order chi connectivity index (χ1) is 17.0. The number of benzene rings is 2. The second-order valence-corrected chi connectivity index (χ2v) is 8.90. The average Bonchev–Trinajstić information content (AvgIpc) is 3.45. The van der Waals surface area contributed by atoms with Crippen LogP contribution in [0.15, 0.2) is 71.9 Å². The Morgan fingerprint density at radius 2 is 1.89 bits per heavy atom. The number of H-pyrrole nitrogens is 1. The predicted octanol–water partition coefficient (Wildman–Crippen LogP) is 5.45. The molecule has 0 fully saturated rings. The summed E-state index contributed by atoms with van der Waals surface area (Å²) in [6, 6.07) is 14.6. The van der Waals surface area contributed by atoms with Crippen LogP contribution in [-0.4, -0.2) is 24.1 Å². The average molecular weight is 466 g/mol. The molecule has 6 aromatic rings. The first-order valence-corrected chi connectivity index (χ1v) is 11.8. The maximum Gasteiger partial charge on any atom is 0.261 e. The van der Waals surface area contributed by atoms with E-state index in [1.54, 1.807) is 27.4 Å². The summed E-state index contributed by atoms with van der Waals surface area (Å²) in [6.45, 7) is 4.67. The van der Waals surface area contributed by atoms with Crippen LogP contribution in [0.25, 0.3) is 38.6 Å². The summed E-state index contributed by atoms with van der Waals surface area (Å²) in [5, 5.41) is 6.48. The lowest BCUT2D eigenvalue weighted by molar-refractivity contribution is 0.628. The molecule has 0 unspecified atom stereocenters. The van der Waals surface area contributed by atoms with Crippen molar-refractivity contribution < 1.29 is 4.39 Å². The molecule has 0 atom stereocenters. The molecule has 174 valence electrons. The number of fused-ring (bicyclic) bond motifs is 4. The Morgan fingerprint density at radius 3 is 2.69 bits per heavy atom. The van der Waals surface area contributed by atoms with Crippen molar-refractivity contribution in [2.24, 2.45) is 0 Å². The molecule has 4 heterocycles. The summed E-state index contributed by atoms with van der Waals surface area (Å²) in [7, 11) is 0. The number of aromatic amines is 1. The molecule has 0 amide bonds. The summed E-state index contributed by atoms with van der Waals surface area (Å²) in [6.07, 6.45) is 6.91. The highest BCUT2D eigenvalue weighted by Gasteiger charge is 2.18. The lowest BCUT2D eigenvalue weighted by Crippen LogP contribution is -2.21. The van der Waals surface area contributed by atoms with E-state index < -0.39 is 0 Å². The molecule has 0 aliphatic rings. The largest absolute Gasteiger partial charge is 0.361 e. The van der Waals surface area contributed by atoms with Gasteiger partial charge >= 0.3 is 0 Å². The van der Waals surface area contributed by atoms with Gasteiger partial charge in [0.2, 0.25) is 0 Å². The zero-order chi connectivity index (χ0) is 24.1. The van der Waals surface area contributed by atoms with Crippen molar-refractivity contribution >= 4 is 27.5 Å². The molecule has 7 heteroatoms. The topological polar surface area (TPSA) is 68.0 Å². The van der Waals surface area contributed by atoms with Crippen molar-refractivity contribution in [3.05, 3.63) is 100 Å². The van der Waals surface area contributed by atoms with Crippen LogP contribution in [0, 0.1) is 12.7 Å². The highest BCUT2D eigenvalue weighted by Crippen LogP contribution is 2.29. The third kappa shape index (κ3) is 3.51. The van der Waals surface area contributed by atoms with Crippen molar-refractivity contribution in [2.75, 3.05) is 0 Å². The van der Waals surface area contributed by atoms with Crippen molar-refractivity contribution in [1.29, 1.82) is 0 Å². The van der Waals surface area contributed by atoms with E-state index in [1.165, 1.54) is 28.6 Å². The monoisotopic (exact) mass is 465 g/mol. The van der Waals surface area contributed by atoms with Crippen LogP contribution in [0.5, 0.6) is 0 Å². The van der Waals surface area contributed by atoms with Crippen LogP contribution in [0.3, 0.4) is 0 Å². The maximum atomic E-state index is 13.5. The Hall–Kier alpha value is -4.26. The van der Waals surface area contributed by atoms with Gasteiger partial charge < -0.3 is 9.55 Å². The first kappa shape index (κ1) is 21.3. The van der Waals surface area contributed by atoms with E-state index in [-0.39, 0.29) is 11.4 Å². The summed E-state index contributed by atoms with van der Waals surface area (Å²) in [5.41, 5.74) is 7.36. The van der Waals surface area contributed by atoms with Gasteiger partial charge in [-0.15, -0.1) is 0 Å². The fourth-order valence-electron chi connectivity index (χ4n) is 4.83. The highest BCUT2D eigenvalue weighted by molar-refractivity contribution is 5.87. The number of hydrogen-bond donors (Lipinski definition) is 1. The molecule has 0 aliphatic carbocycles. The third-order valence-corrected chi connectivity index (χ3v) is 6.67. The number of hydrogen-bond acceptors (Lipinski definition) is 3. The van der Waals surface area contributed by atoms with E-state index in [0.29, 0.717) is 29.5 Å². The number of aryl methyl sites for hydroxylation is 4. The molecule has 35 heavy (non-hydrogen) atoms. The second-order valence-electron chi connectivity index (χ2n) is 8.90. The summed E-state index contributed by atoms with van der Waals surface area (Å²) in [4.78, 5) is 21.3. The van der Waals surface area contributed by atoms with Gasteiger partial charge in [-0.1, -0.05) is 30.7 Å². The van der Waals surface area contributed by atoms with Crippen LogP contribution < -0.4 is 5.56 Å². The smallest absolute Gasteiger partial charge is 0.261 e. The summed E-state index contributed by atoms with van der Waals surface area (Å²) < 4.78 is 17.0. The molecule has 6 rings (SSSR count). The minimum absolute atomic E-state index is 0.0928. The van der Waals surface area contributed by atoms with Gasteiger partial charge in [0.05, 0.1) is 16.6 Å². The Bertz CT molecular complexity index is 1780. The molecule has 0 saturated carbocycles. The lowest BCUT2D eigenvalue weighted by Gasteiger charge is -2.08. The van der Waals surface area contributed by atoms with E-state index in [0.717, 1.165) is 28.8 Å². The van der Waals surface area contributed by atoms with E-state index in [4.69, 9.17) is 5.10 Å². The van der Waals surface area contributed by atoms with Crippen molar-refractivity contribution in [3.8, 4) is 11.1 Å². The van der Waals surface area contributed by atoms with Gasteiger partial charge in [0.15, 0.2) is 5.65 Å². The second kappa shape index (κ2) is 8.20. The third-order valence-electron chi connectivity index (χ3n) is 6.67. The molecule has 0 saturated heterocycles. The molecule has 0 aliphatic heterocycles. The molecule has 2 aromatic carbocycles. The van der Waals surface area contributed by atoms with Crippen LogP contribution in [0.2, 0.25) is 0 Å². The van der Waals surface area contributed by atoms with E-state index in [9.17, 15) is 9.18 Å². The first-order valence-electron chi connectivity index (χ1n) is 11.8. The van der Waals surface area contributed by atoms with Gasteiger partial charge in [-0.2, -0.15) is 5.10 Å². The van der Waals surface area contributed by atoms with Gasteiger partial charge in [-0.05, 0) is 61.2 Å². The Labute approximate surface area is 200 Å². The van der Waals surface area contributed by atoms with Gasteiger partial charge in [-0.3, -0.25) is 4.79 Å². The number of nitrogens with one attached hydrogen (secondary N) is 1. The van der Waals surface area contributed by atoms with Gasteiger partial charge in [0.1, 0.15) is 5.82 Å². The van der Waals surface area contributed by atoms with Gasteiger partial charge in [-0.25, -0.2) is 13.9 Å². The number of pyridine rings is 1. The van der Waals surface area contributed by atoms with Gasteiger partial charge in [0, 0.05) is 41.6 Å². The van der Waals surface area contributed by atoms with Crippen molar-refractivity contribution in [1.82, 2.24) is 24.1 Å². The van der Waals surface area contributed by atoms with Crippen molar-refractivity contribution in [2.45, 2.75) is 33.2 Å². The molecule has 0 bridgehead atoms.